The summed E-state index contributed by atoms with van der Waals surface area (Å²) in [6.45, 7) is 3.47. The number of rotatable bonds is 5. The van der Waals surface area contributed by atoms with E-state index in [9.17, 15) is 9.59 Å². The molecular formula is C16H26O2S2. The van der Waals surface area contributed by atoms with Crippen molar-refractivity contribution in [3.05, 3.63) is 0 Å². The fourth-order valence-electron chi connectivity index (χ4n) is 3.39. The number of carbonyl (C=O) groups is 2. The van der Waals surface area contributed by atoms with Crippen molar-refractivity contribution in [1.82, 2.24) is 0 Å². The maximum Gasteiger partial charge on any atom is 0.146 e. The van der Waals surface area contributed by atoms with Gasteiger partial charge in [-0.15, -0.1) is 0 Å². The van der Waals surface area contributed by atoms with Crippen LogP contribution in [-0.4, -0.2) is 21.1 Å². The van der Waals surface area contributed by atoms with E-state index in [0.29, 0.717) is 11.6 Å². The lowest BCUT2D eigenvalue weighted by molar-refractivity contribution is -0.120. The minimum absolute atomic E-state index is 0.219. The molecule has 0 atom stereocenters. The van der Waals surface area contributed by atoms with Gasteiger partial charge in [0.1, 0.15) is 11.6 Å². The van der Waals surface area contributed by atoms with Gasteiger partial charge in [-0.2, -0.15) is 0 Å². The molecule has 0 aromatic heterocycles. The molecule has 0 aliphatic heterocycles. The molecule has 0 spiro atoms. The van der Waals surface area contributed by atoms with Crippen LogP contribution in [0.3, 0.4) is 0 Å². The molecular weight excluding hydrogens is 288 g/mol. The minimum Gasteiger partial charge on any atom is -0.298 e. The molecule has 2 rings (SSSR count). The second kappa shape index (κ2) is 6.87. The molecule has 0 heterocycles. The van der Waals surface area contributed by atoms with Gasteiger partial charge in [0.05, 0.1) is 9.49 Å². The molecule has 0 radical (unpaired) electrons. The summed E-state index contributed by atoms with van der Waals surface area (Å²) in [5.74, 6) is 0.619. The maximum atomic E-state index is 12.1. The van der Waals surface area contributed by atoms with Gasteiger partial charge in [-0.3, -0.25) is 9.59 Å². The molecule has 2 aliphatic rings. The van der Waals surface area contributed by atoms with Crippen LogP contribution < -0.4 is 0 Å². The molecule has 2 saturated carbocycles. The van der Waals surface area contributed by atoms with E-state index < -0.39 is 0 Å². The Labute approximate surface area is 130 Å². The molecule has 2 aliphatic carbocycles. The lowest BCUT2D eigenvalue weighted by Gasteiger charge is -2.39. The van der Waals surface area contributed by atoms with Crippen molar-refractivity contribution < 1.29 is 9.59 Å². The van der Waals surface area contributed by atoms with Crippen molar-refractivity contribution in [2.75, 3.05) is 0 Å². The first kappa shape index (κ1) is 16.4. The fraction of sp³-hybridized carbons (Fsp3) is 0.875. The highest BCUT2D eigenvalue weighted by Gasteiger charge is 2.44. The Balaban J connectivity index is 2.07. The van der Waals surface area contributed by atoms with Gasteiger partial charge in [-0.05, 0) is 39.5 Å². The summed E-state index contributed by atoms with van der Waals surface area (Å²) in [4.78, 5) is 24.3. The topological polar surface area (TPSA) is 34.1 Å². The van der Waals surface area contributed by atoms with Crippen molar-refractivity contribution in [3.63, 3.8) is 0 Å². The Morgan fingerprint density at radius 1 is 0.650 bits per heavy atom. The maximum absolute atomic E-state index is 12.1. The van der Waals surface area contributed by atoms with E-state index in [1.165, 1.54) is 12.8 Å². The summed E-state index contributed by atoms with van der Waals surface area (Å²) in [6.07, 6.45) is 11.1. The minimum atomic E-state index is -0.219. The quantitative estimate of drug-likeness (QED) is 0.672. The normalized spacial score (nSPS) is 25.1. The van der Waals surface area contributed by atoms with E-state index in [1.54, 1.807) is 35.4 Å². The molecule has 20 heavy (non-hydrogen) atoms. The van der Waals surface area contributed by atoms with Gasteiger partial charge in [0.15, 0.2) is 0 Å². The molecule has 2 nitrogen and oxygen atoms in total. The van der Waals surface area contributed by atoms with E-state index >= 15 is 0 Å². The Morgan fingerprint density at radius 3 is 1.20 bits per heavy atom. The number of hydrogen-bond acceptors (Lipinski definition) is 4. The third kappa shape index (κ3) is 3.44. The van der Waals surface area contributed by atoms with Crippen molar-refractivity contribution in [3.8, 4) is 0 Å². The van der Waals surface area contributed by atoms with E-state index in [1.807, 2.05) is 0 Å². The van der Waals surface area contributed by atoms with Crippen molar-refractivity contribution >= 4 is 33.2 Å². The van der Waals surface area contributed by atoms with Gasteiger partial charge in [0.2, 0.25) is 0 Å². The Bertz CT molecular complexity index is 331. The molecule has 4 heteroatoms. The standard InChI is InChI=1S/C16H26O2S2/c1-13(17)15(9-5-3-6-10-15)19-20-16(14(2)18)11-7-4-8-12-16/h3-12H2,1-2H3. The molecule has 0 N–H and O–H groups in total. The highest BCUT2D eigenvalue weighted by Crippen LogP contribution is 2.54. The first-order chi connectivity index (χ1) is 9.51. The van der Waals surface area contributed by atoms with Crippen LogP contribution in [0.2, 0.25) is 0 Å². The van der Waals surface area contributed by atoms with Crippen molar-refractivity contribution in [2.24, 2.45) is 0 Å². The van der Waals surface area contributed by atoms with Gasteiger partial charge < -0.3 is 0 Å². The third-order valence-corrected chi connectivity index (χ3v) is 9.24. The monoisotopic (exact) mass is 314 g/mol. The van der Waals surface area contributed by atoms with Crippen LogP contribution in [0.4, 0.5) is 0 Å². The number of Topliss-reactive ketones (excluding diaryl/α,β-unsaturated/α-hetero) is 2. The summed E-state index contributed by atoms with van der Waals surface area (Å²) in [6, 6.07) is 0. The Kier molecular flexibility index (Phi) is 5.63. The SMILES string of the molecule is CC(=O)C1(SSC2(C(C)=O)CCCCC2)CCCCC1. The van der Waals surface area contributed by atoms with E-state index in [-0.39, 0.29) is 9.49 Å². The van der Waals surface area contributed by atoms with E-state index in [4.69, 9.17) is 0 Å². The van der Waals surface area contributed by atoms with Gasteiger partial charge in [-0.25, -0.2) is 0 Å². The van der Waals surface area contributed by atoms with Gasteiger partial charge >= 0.3 is 0 Å². The molecule has 0 amide bonds. The predicted octanol–water partition coefficient (Wildman–Crippen LogP) is 4.95. The summed E-state index contributed by atoms with van der Waals surface area (Å²) < 4.78 is -0.439. The Morgan fingerprint density at radius 2 is 0.950 bits per heavy atom. The van der Waals surface area contributed by atoms with Gasteiger partial charge in [0.25, 0.3) is 0 Å². The van der Waals surface area contributed by atoms with Crippen molar-refractivity contribution in [2.45, 2.75) is 87.5 Å². The van der Waals surface area contributed by atoms with E-state index in [2.05, 4.69) is 0 Å². The second-order valence-corrected chi connectivity index (χ2v) is 9.29. The molecule has 0 bridgehead atoms. The molecule has 0 unspecified atom stereocenters. The fourth-order valence-corrected chi connectivity index (χ4v) is 7.52. The lowest BCUT2D eigenvalue weighted by atomic mass is 9.86. The Hall–Kier alpha value is 0.0400. The summed E-state index contributed by atoms with van der Waals surface area (Å²) in [5, 5.41) is 0. The molecule has 0 aromatic carbocycles. The average molecular weight is 315 g/mol. The van der Waals surface area contributed by atoms with Crippen LogP contribution in [0.5, 0.6) is 0 Å². The summed E-state index contributed by atoms with van der Waals surface area (Å²) in [7, 11) is 3.47. The van der Waals surface area contributed by atoms with Gasteiger partial charge in [0, 0.05) is 0 Å². The number of hydrogen-bond donors (Lipinski definition) is 0. The average Bonchev–Trinajstić information content (AvgIpc) is 2.47. The van der Waals surface area contributed by atoms with Crippen LogP contribution in [0.1, 0.15) is 78.1 Å². The highest BCUT2D eigenvalue weighted by atomic mass is 33.1. The van der Waals surface area contributed by atoms with Gasteiger partial charge in [-0.1, -0.05) is 60.1 Å². The first-order valence-corrected chi connectivity index (χ1v) is 10.0. The van der Waals surface area contributed by atoms with Crippen LogP contribution >= 0.6 is 21.6 Å². The number of ketones is 2. The number of carbonyl (C=O) groups excluding carboxylic acids is 2. The zero-order valence-corrected chi connectivity index (χ0v) is 14.3. The summed E-state index contributed by atoms with van der Waals surface area (Å²) in [5.41, 5.74) is 0. The zero-order chi connectivity index (χ0) is 14.6. The van der Waals surface area contributed by atoms with Crippen LogP contribution in [0.15, 0.2) is 0 Å². The first-order valence-electron chi connectivity index (χ1n) is 7.90. The second-order valence-electron chi connectivity index (χ2n) is 6.39. The summed E-state index contributed by atoms with van der Waals surface area (Å²) >= 11 is 0. The van der Waals surface area contributed by atoms with E-state index in [0.717, 1.165) is 51.4 Å². The zero-order valence-electron chi connectivity index (χ0n) is 12.7. The van der Waals surface area contributed by atoms with Crippen LogP contribution in [0.25, 0.3) is 0 Å². The highest BCUT2D eigenvalue weighted by molar-refractivity contribution is 8.78. The largest absolute Gasteiger partial charge is 0.298 e. The van der Waals surface area contributed by atoms with Crippen LogP contribution in [0, 0.1) is 0 Å². The molecule has 114 valence electrons. The van der Waals surface area contributed by atoms with Crippen molar-refractivity contribution in [1.29, 1.82) is 0 Å². The predicted molar refractivity (Wildman–Crippen MR) is 88.2 cm³/mol. The molecule has 0 saturated heterocycles. The lowest BCUT2D eigenvalue weighted by Crippen LogP contribution is -2.39. The smallest absolute Gasteiger partial charge is 0.146 e. The third-order valence-electron chi connectivity index (χ3n) is 4.97. The molecule has 0 aromatic rings. The molecule has 2 fully saturated rings. The van der Waals surface area contributed by atoms with Crippen LogP contribution in [-0.2, 0) is 9.59 Å².